The van der Waals surface area contributed by atoms with Gasteiger partial charge in [-0.3, -0.25) is 0 Å². The maximum atomic E-state index is 8.37. The molecule has 1 aromatic rings. The number of anilines is 1. The van der Waals surface area contributed by atoms with Crippen LogP contribution in [-0.2, 0) is 0 Å². The molecular weight excluding hydrogens is 194 g/mol. The summed E-state index contributed by atoms with van der Waals surface area (Å²) in [6, 6.07) is 3.77. The van der Waals surface area contributed by atoms with Crippen molar-refractivity contribution in [1.82, 2.24) is 10.2 Å². The summed E-state index contributed by atoms with van der Waals surface area (Å²) in [7, 11) is 1.88. The SMILES string of the molecule is Cc1ccc(N(C)CC/C(N)=N/O)nn1. The monoisotopic (exact) mass is 209 g/mol. The number of aromatic nitrogens is 2. The summed E-state index contributed by atoms with van der Waals surface area (Å²) in [6.45, 7) is 2.51. The Bertz CT molecular complexity index is 335. The Hall–Kier alpha value is -1.85. The van der Waals surface area contributed by atoms with Gasteiger partial charge in [-0.2, -0.15) is 5.10 Å². The van der Waals surface area contributed by atoms with Crippen molar-refractivity contribution in [3.8, 4) is 0 Å². The lowest BCUT2D eigenvalue weighted by Crippen LogP contribution is -2.25. The van der Waals surface area contributed by atoms with Crippen LogP contribution in [0.1, 0.15) is 12.1 Å². The lowest BCUT2D eigenvalue weighted by atomic mass is 10.3. The fourth-order valence-corrected chi connectivity index (χ4v) is 1.04. The van der Waals surface area contributed by atoms with Gasteiger partial charge in [0, 0.05) is 20.0 Å². The third-order valence-corrected chi connectivity index (χ3v) is 2.01. The average molecular weight is 209 g/mol. The van der Waals surface area contributed by atoms with Crippen LogP contribution in [0.2, 0.25) is 0 Å². The number of oxime groups is 1. The molecular formula is C9H15N5O. The van der Waals surface area contributed by atoms with Crippen LogP contribution < -0.4 is 10.6 Å². The molecule has 0 aliphatic carbocycles. The molecule has 0 radical (unpaired) electrons. The van der Waals surface area contributed by atoms with E-state index in [1.165, 1.54) is 0 Å². The van der Waals surface area contributed by atoms with E-state index in [0.717, 1.165) is 11.5 Å². The largest absolute Gasteiger partial charge is 0.409 e. The first kappa shape index (κ1) is 11.2. The molecule has 6 nitrogen and oxygen atoms in total. The molecule has 0 saturated carbocycles. The molecule has 1 rings (SSSR count). The average Bonchev–Trinajstić information content (AvgIpc) is 2.26. The van der Waals surface area contributed by atoms with Gasteiger partial charge in [-0.15, -0.1) is 5.10 Å². The lowest BCUT2D eigenvalue weighted by Gasteiger charge is -2.16. The topological polar surface area (TPSA) is 87.6 Å². The zero-order chi connectivity index (χ0) is 11.3. The van der Waals surface area contributed by atoms with Crippen LogP contribution in [0, 0.1) is 6.92 Å². The molecule has 0 fully saturated rings. The van der Waals surface area contributed by atoms with Gasteiger partial charge in [-0.1, -0.05) is 5.16 Å². The third kappa shape index (κ3) is 3.41. The molecule has 15 heavy (non-hydrogen) atoms. The number of hydrogen-bond acceptors (Lipinski definition) is 5. The molecule has 0 saturated heterocycles. The number of rotatable bonds is 4. The van der Waals surface area contributed by atoms with Crippen LogP contribution in [0.15, 0.2) is 17.3 Å². The normalized spacial score (nSPS) is 11.5. The maximum Gasteiger partial charge on any atom is 0.150 e. The van der Waals surface area contributed by atoms with E-state index in [1.807, 2.05) is 31.0 Å². The molecule has 82 valence electrons. The maximum absolute atomic E-state index is 8.37. The van der Waals surface area contributed by atoms with Crippen LogP contribution in [0.4, 0.5) is 5.82 Å². The van der Waals surface area contributed by atoms with Crippen molar-refractivity contribution in [2.45, 2.75) is 13.3 Å². The van der Waals surface area contributed by atoms with E-state index in [-0.39, 0.29) is 5.84 Å². The van der Waals surface area contributed by atoms with Gasteiger partial charge in [0.1, 0.15) is 5.84 Å². The molecule has 0 unspecified atom stereocenters. The van der Waals surface area contributed by atoms with Crippen molar-refractivity contribution in [2.75, 3.05) is 18.5 Å². The van der Waals surface area contributed by atoms with Gasteiger partial charge in [0.15, 0.2) is 5.82 Å². The minimum atomic E-state index is 0.210. The second-order valence-electron chi connectivity index (χ2n) is 3.30. The van der Waals surface area contributed by atoms with Crippen LogP contribution in [0.3, 0.4) is 0 Å². The number of hydrogen-bond donors (Lipinski definition) is 2. The molecule has 0 spiro atoms. The summed E-state index contributed by atoms with van der Waals surface area (Å²) in [6.07, 6.45) is 0.489. The van der Waals surface area contributed by atoms with Gasteiger partial charge < -0.3 is 15.8 Å². The Labute approximate surface area is 88.4 Å². The third-order valence-electron chi connectivity index (χ3n) is 2.01. The van der Waals surface area contributed by atoms with E-state index in [2.05, 4.69) is 15.4 Å². The van der Waals surface area contributed by atoms with Crippen molar-refractivity contribution in [2.24, 2.45) is 10.9 Å². The lowest BCUT2D eigenvalue weighted by molar-refractivity contribution is 0.317. The molecule has 0 aromatic carbocycles. The molecule has 6 heteroatoms. The highest BCUT2D eigenvalue weighted by atomic mass is 16.4. The highest BCUT2D eigenvalue weighted by molar-refractivity contribution is 5.80. The van der Waals surface area contributed by atoms with E-state index in [9.17, 15) is 0 Å². The smallest absolute Gasteiger partial charge is 0.150 e. The Kier molecular flexibility index (Phi) is 3.84. The Morgan fingerprint density at radius 1 is 1.53 bits per heavy atom. The van der Waals surface area contributed by atoms with Crippen molar-refractivity contribution in [3.05, 3.63) is 17.8 Å². The summed E-state index contributed by atoms with van der Waals surface area (Å²) in [5.41, 5.74) is 6.24. The highest BCUT2D eigenvalue weighted by Gasteiger charge is 2.03. The van der Waals surface area contributed by atoms with Crippen molar-refractivity contribution >= 4 is 11.7 Å². The fraction of sp³-hybridized carbons (Fsp3) is 0.444. The van der Waals surface area contributed by atoms with Gasteiger partial charge in [0.05, 0.1) is 5.69 Å². The van der Waals surface area contributed by atoms with Crippen molar-refractivity contribution in [1.29, 1.82) is 0 Å². The summed E-state index contributed by atoms with van der Waals surface area (Å²) in [4.78, 5) is 1.89. The van der Waals surface area contributed by atoms with Crippen molar-refractivity contribution < 1.29 is 5.21 Å². The molecule has 1 aromatic heterocycles. The zero-order valence-electron chi connectivity index (χ0n) is 8.88. The standard InChI is InChI=1S/C9H15N5O/c1-7-3-4-9(12-11-7)14(2)6-5-8(10)13-15/h3-4,15H,5-6H2,1-2H3,(H2,10,13). The minimum absolute atomic E-state index is 0.210. The molecule has 1 heterocycles. The predicted octanol–water partition coefficient (Wildman–Crippen LogP) is 0.358. The molecule has 3 N–H and O–H groups in total. The molecule has 0 aliphatic rings. The van der Waals surface area contributed by atoms with Crippen LogP contribution in [-0.4, -0.2) is 34.8 Å². The van der Waals surface area contributed by atoms with Crippen molar-refractivity contribution in [3.63, 3.8) is 0 Å². The van der Waals surface area contributed by atoms with E-state index < -0.39 is 0 Å². The molecule has 0 amide bonds. The van der Waals surface area contributed by atoms with Crippen LogP contribution in [0.25, 0.3) is 0 Å². The first-order chi connectivity index (χ1) is 7.13. The zero-order valence-corrected chi connectivity index (χ0v) is 8.88. The predicted molar refractivity (Wildman–Crippen MR) is 58.1 cm³/mol. The summed E-state index contributed by atoms with van der Waals surface area (Å²) in [5, 5.41) is 19.2. The van der Waals surface area contributed by atoms with Crippen LogP contribution in [0.5, 0.6) is 0 Å². The number of aryl methyl sites for hydroxylation is 1. The summed E-state index contributed by atoms with van der Waals surface area (Å²) >= 11 is 0. The van der Waals surface area contributed by atoms with E-state index in [1.54, 1.807) is 0 Å². The summed E-state index contributed by atoms with van der Waals surface area (Å²) in [5.74, 6) is 0.980. The minimum Gasteiger partial charge on any atom is -0.409 e. The highest BCUT2D eigenvalue weighted by Crippen LogP contribution is 2.06. The van der Waals surface area contributed by atoms with E-state index in [4.69, 9.17) is 10.9 Å². The number of nitrogens with zero attached hydrogens (tertiary/aromatic N) is 4. The van der Waals surface area contributed by atoms with Gasteiger partial charge in [0.2, 0.25) is 0 Å². The van der Waals surface area contributed by atoms with Gasteiger partial charge in [-0.25, -0.2) is 0 Å². The van der Waals surface area contributed by atoms with E-state index in [0.29, 0.717) is 13.0 Å². The fourth-order valence-electron chi connectivity index (χ4n) is 1.04. The molecule has 0 bridgehead atoms. The Morgan fingerprint density at radius 2 is 2.27 bits per heavy atom. The molecule has 0 atom stereocenters. The second kappa shape index (κ2) is 5.14. The van der Waals surface area contributed by atoms with Gasteiger partial charge >= 0.3 is 0 Å². The second-order valence-corrected chi connectivity index (χ2v) is 3.30. The van der Waals surface area contributed by atoms with Crippen LogP contribution >= 0.6 is 0 Å². The Balaban J connectivity index is 2.53. The first-order valence-electron chi connectivity index (χ1n) is 4.61. The Morgan fingerprint density at radius 3 is 2.80 bits per heavy atom. The van der Waals surface area contributed by atoms with Gasteiger partial charge in [-0.05, 0) is 19.1 Å². The first-order valence-corrected chi connectivity index (χ1v) is 4.61. The van der Waals surface area contributed by atoms with Gasteiger partial charge in [0.25, 0.3) is 0 Å². The number of nitrogens with two attached hydrogens (primary N) is 1. The molecule has 0 aliphatic heterocycles. The summed E-state index contributed by atoms with van der Waals surface area (Å²) < 4.78 is 0. The number of amidine groups is 1. The van der Waals surface area contributed by atoms with E-state index >= 15 is 0 Å². The quantitative estimate of drug-likeness (QED) is 0.323.